The zero-order valence-corrected chi connectivity index (χ0v) is 18.3. The number of anilines is 1. The minimum Gasteiger partial charge on any atom is -0.378 e. The average Bonchev–Trinajstić information content (AvgIpc) is 3.66. The molecule has 1 saturated carbocycles. The van der Waals surface area contributed by atoms with Gasteiger partial charge >= 0.3 is 0 Å². The molecule has 0 spiro atoms. The zero-order valence-electron chi connectivity index (χ0n) is 18.3. The van der Waals surface area contributed by atoms with Crippen molar-refractivity contribution in [1.29, 1.82) is 5.26 Å². The molecule has 0 aliphatic heterocycles. The van der Waals surface area contributed by atoms with Crippen LogP contribution in [-0.4, -0.2) is 40.0 Å². The van der Waals surface area contributed by atoms with Crippen LogP contribution in [0.15, 0.2) is 58.6 Å². The first-order valence-electron chi connectivity index (χ1n) is 10.6. The smallest absolute Gasteiger partial charge is 0.224 e. The molecule has 9 nitrogen and oxygen atoms in total. The van der Waals surface area contributed by atoms with E-state index >= 15 is 0 Å². The summed E-state index contributed by atoms with van der Waals surface area (Å²) in [6.45, 7) is 0.812. The highest BCUT2D eigenvalue weighted by Gasteiger charge is 2.23. The number of nitrogens with two attached hydrogens (primary N) is 1. The molecule has 2 heterocycles. The van der Waals surface area contributed by atoms with Crippen molar-refractivity contribution in [3.63, 3.8) is 0 Å². The Morgan fingerprint density at radius 1 is 1.18 bits per heavy atom. The summed E-state index contributed by atoms with van der Waals surface area (Å²) in [6.07, 6.45) is 3.76. The molecule has 0 saturated heterocycles. The van der Waals surface area contributed by atoms with Crippen LogP contribution in [0.2, 0.25) is 0 Å². The number of hydrogen-bond acceptors (Lipinski definition) is 9. The summed E-state index contributed by atoms with van der Waals surface area (Å²) < 4.78 is 5.13. The lowest BCUT2D eigenvalue weighted by molar-refractivity contribution is 0.181. The third-order valence-electron chi connectivity index (χ3n) is 4.95. The summed E-state index contributed by atoms with van der Waals surface area (Å²) in [5, 5.41) is 16.5. The first-order valence-corrected chi connectivity index (χ1v) is 10.6. The molecule has 33 heavy (non-hydrogen) atoms. The molecule has 3 N–H and O–H groups in total. The van der Waals surface area contributed by atoms with Crippen LogP contribution in [-0.2, 0) is 17.9 Å². The van der Waals surface area contributed by atoms with Gasteiger partial charge in [0.05, 0.1) is 53.8 Å². The molecule has 0 unspecified atom stereocenters. The Hall–Kier alpha value is -4.16. The lowest BCUT2D eigenvalue weighted by Crippen LogP contribution is -2.13. The Morgan fingerprint density at radius 3 is 2.76 bits per heavy atom. The number of aromatic nitrogens is 3. The molecule has 0 bridgehead atoms. The van der Waals surface area contributed by atoms with Crippen LogP contribution in [0.3, 0.4) is 0 Å². The van der Waals surface area contributed by atoms with Gasteiger partial charge in [-0.3, -0.25) is 9.98 Å². The van der Waals surface area contributed by atoms with Gasteiger partial charge in [-0.25, -0.2) is 9.97 Å². The van der Waals surface area contributed by atoms with E-state index in [-0.39, 0.29) is 0 Å². The molecule has 0 radical (unpaired) electrons. The monoisotopic (exact) mass is 440 g/mol. The standard InChI is InChI=1S/C24H24N8O/c1-33-15-20-7-3-6-19(28-20)13-27-14-23(32-26)22-11-21(17-5-2-4-16(10-17)12-25)30-24(31-22)29-18-8-9-18/h2-7,10-11,14,18H,8-9,13,15,26H2,1H3,(H,29,30,31). The minimum atomic E-state index is 0.367. The molecule has 166 valence electrons. The van der Waals surface area contributed by atoms with Crippen LogP contribution >= 0.6 is 0 Å². The molecule has 9 heteroatoms. The number of nitrogens with one attached hydrogen (secondary N) is 1. The van der Waals surface area contributed by atoms with E-state index in [1.807, 2.05) is 30.3 Å². The number of pyridine rings is 1. The topological polar surface area (TPSA) is 134 Å². The molecule has 3 aromatic rings. The van der Waals surface area contributed by atoms with Crippen molar-refractivity contribution >= 4 is 17.9 Å². The van der Waals surface area contributed by atoms with E-state index in [0.29, 0.717) is 47.8 Å². The van der Waals surface area contributed by atoms with Gasteiger partial charge in [-0.1, -0.05) is 18.2 Å². The second-order valence-electron chi connectivity index (χ2n) is 7.61. The van der Waals surface area contributed by atoms with Crippen LogP contribution in [0.5, 0.6) is 0 Å². The van der Waals surface area contributed by atoms with E-state index in [9.17, 15) is 5.26 Å². The quantitative estimate of drug-likeness (QED) is 0.297. The molecule has 1 fully saturated rings. The van der Waals surface area contributed by atoms with E-state index in [2.05, 4.69) is 36.4 Å². The molecular weight excluding hydrogens is 416 g/mol. The first kappa shape index (κ1) is 22.0. The van der Waals surface area contributed by atoms with Crippen molar-refractivity contribution < 1.29 is 4.74 Å². The fourth-order valence-corrected chi connectivity index (χ4v) is 3.19. The van der Waals surface area contributed by atoms with E-state index in [1.54, 1.807) is 31.5 Å². The molecule has 0 amide bonds. The zero-order chi connectivity index (χ0) is 23.0. The highest BCUT2D eigenvalue weighted by molar-refractivity contribution is 6.37. The third kappa shape index (κ3) is 5.96. The van der Waals surface area contributed by atoms with Crippen LogP contribution in [0, 0.1) is 11.3 Å². The number of aliphatic imine (C=N–C) groups is 1. The number of hydrogen-bond donors (Lipinski definition) is 2. The number of rotatable bonds is 9. The summed E-state index contributed by atoms with van der Waals surface area (Å²) in [4.78, 5) is 18.2. The molecule has 1 aromatic carbocycles. The normalized spacial score (nSPS) is 13.8. The fraction of sp³-hybridized carbons (Fsp3) is 0.250. The number of hydrazone groups is 1. The Balaban J connectivity index is 1.60. The number of methoxy groups -OCH3 is 1. The van der Waals surface area contributed by atoms with Gasteiger partial charge in [0.25, 0.3) is 0 Å². The van der Waals surface area contributed by atoms with Crippen molar-refractivity contribution in [1.82, 2.24) is 15.0 Å². The molecule has 4 rings (SSSR count). The van der Waals surface area contributed by atoms with Gasteiger partial charge in [0.1, 0.15) is 5.71 Å². The fourth-order valence-electron chi connectivity index (χ4n) is 3.19. The Morgan fingerprint density at radius 2 is 2.00 bits per heavy atom. The molecule has 0 atom stereocenters. The lowest BCUT2D eigenvalue weighted by Gasteiger charge is -2.09. The van der Waals surface area contributed by atoms with Crippen LogP contribution in [0.25, 0.3) is 11.3 Å². The van der Waals surface area contributed by atoms with Crippen molar-refractivity contribution in [2.24, 2.45) is 15.9 Å². The number of nitrogens with zero attached hydrogens (tertiary/aromatic N) is 6. The summed E-state index contributed by atoms with van der Waals surface area (Å²) >= 11 is 0. The first-order chi connectivity index (χ1) is 16.2. The largest absolute Gasteiger partial charge is 0.378 e. The lowest BCUT2D eigenvalue weighted by atomic mass is 10.1. The second-order valence-corrected chi connectivity index (χ2v) is 7.61. The Labute approximate surface area is 192 Å². The van der Waals surface area contributed by atoms with E-state index in [1.165, 1.54) is 0 Å². The second kappa shape index (κ2) is 10.4. The van der Waals surface area contributed by atoms with E-state index in [0.717, 1.165) is 29.8 Å². The van der Waals surface area contributed by atoms with Gasteiger partial charge < -0.3 is 15.9 Å². The average molecular weight is 441 g/mol. The van der Waals surface area contributed by atoms with Gasteiger partial charge in [-0.05, 0) is 43.2 Å². The van der Waals surface area contributed by atoms with E-state index in [4.69, 9.17) is 10.6 Å². The summed E-state index contributed by atoms with van der Waals surface area (Å²) in [7, 11) is 1.63. The predicted molar refractivity (Wildman–Crippen MR) is 127 cm³/mol. The number of benzene rings is 1. The maximum absolute atomic E-state index is 9.25. The highest BCUT2D eigenvalue weighted by Crippen LogP contribution is 2.25. The van der Waals surface area contributed by atoms with Crippen molar-refractivity contribution in [3.8, 4) is 17.3 Å². The van der Waals surface area contributed by atoms with Gasteiger partial charge in [0.15, 0.2) is 0 Å². The highest BCUT2D eigenvalue weighted by atomic mass is 16.5. The van der Waals surface area contributed by atoms with Crippen LogP contribution in [0.1, 0.15) is 35.5 Å². The van der Waals surface area contributed by atoms with Crippen LogP contribution < -0.4 is 11.2 Å². The minimum absolute atomic E-state index is 0.367. The van der Waals surface area contributed by atoms with Gasteiger partial charge in [-0.2, -0.15) is 10.4 Å². The van der Waals surface area contributed by atoms with Crippen molar-refractivity contribution in [2.75, 3.05) is 12.4 Å². The van der Waals surface area contributed by atoms with Gasteiger partial charge in [-0.15, -0.1) is 0 Å². The van der Waals surface area contributed by atoms with Gasteiger partial charge in [0.2, 0.25) is 5.95 Å². The number of nitriles is 1. The summed E-state index contributed by atoms with van der Waals surface area (Å²) in [5.41, 5.74) is 4.65. The Kier molecular flexibility index (Phi) is 6.97. The van der Waals surface area contributed by atoms with Gasteiger partial charge in [0, 0.05) is 18.7 Å². The van der Waals surface area contributed by atoms with E-state index < -0.39 is 0 Å². The summed E-state index contributed by atoms with van der Waals surface area (Å²) in [5.74, 6) is 6.18. The maximum Gasteiger partial charge on any atom is 0.224 e. The summed E-state index contributed by atoms with van der Waals surface area (Å²) in [6, 6.07) is 17.3. The molecule has 2 aromatic heterocycles. The van der Waals surface area contributed by atoms with Crippen LogP contribution in [0.4, 0.5) is 5.95 Å². The predicted octanol–water partition coefficient (Wildman–Crippen LogP) is 3.06. The van der Waals surface area contributed by atoms with Crippen molar-refractivity contribution in [3.05, 3.63) is 71.2 Å². The Bertz CT molecular complexity index is 1230. The third-order valence-corrected chi connectivity index (χ3v) is 4.95. The number of ether oxygens (including phenoxy) is 1. The maximum atomic E-state index is 9.25. The van der Waals surface area contributed by atoms with Crippen molar-refractivity contribution in [2.45, 2.75) is 32.0 Å². The molecular formula is C24H24N8O. The molecule has 1 aliphatic carbocycles. The SMILES string of the molecule is COCc1cccc(CN=CC(=NN)c2cc(-c3cccc(C#N)c3)nc(NC3CC3)n2)n1. The molecule has 1 aliphatic rings.